The summed E-state index contributed by atoms with van der Waals surface area (Å²) in [4.78, 5) is 22.8. The van der Waals surface area contributed by atoms with Gasteiger partial charge in [-0.2, -0.15) is 4.58 Å². The van der Waals surface area contributed by atoms with E-state index in [9.17, 15) is 27.7 Å². The molecule has 0 aliphatic carbocycles. The lowest BCUT2D eigenvalue weighted by Crippen LogP contribution is -2.45. The molecule has 1 aliphatic heterocycles. The molecule has 1 N–H and O–H groups in total. The number of unbranched alkanes of at least 4 members (excludes halogenated alkanes) is 2. The fraction of sp³-hybridized carbons (Fsp3) is 0.457. The minimum absolute atomic E-state index is 0.0694. The Morgan fingerprint density at radius 1 is 1.00 bits per heavy atom. The molecular formula is C35H47N3O8S. The zero-order valence-electron chi connectivity index (χ0n) is 28.4. The topological polar surface area (TPSA) is 154 Å². The van der Waals surface area contributed by atoms with Gasteiger partial charge in [-0.1, -0.05) is 0 Å². The number of likely N-dealkylation sites (N-methyl/N-ethyl adjacent to an activating group) is 1. The highest BCUT2D eigenvalue weighted by Crippen LogP contribution is 2.41. The summed E-state index contributed by atoms with van der Waals surface area (Å²) < 4.78 is 44.0. The van der Waals surface area contributed by atoms with Crippen LogP contribution in [0.1, 0.15) is 64.7 Å². The normalized spacial score (nSPS) is 14.3. The second-order valence-corrected chi connectivity index (χ2v) is 14.6. The maximum atomic E-state index is 11.8. The lowest BCUT2D eigenvalue weighted by molar-refractivity contribution is -0.864. The summed E-state index contributed by atoms with van der Waals surface area (Å²) in [5.74, 6) is -1.11. The first-order valence-electron chi connectivity index (χ1n) is 15.8. The van der Waals surface area contributed by atoms with Crippen LogP contribution in [-0.2, 0) is 25.1 Å². The van der Waals surface area contributed by atoms with E-state index in [2.05, 4.69) is 41.5 Å². The molecule has 0 bridgehead atoms. The number of carbonyl (C=O) groups excluding carboxylic acids is 1. The summed E-state index contributed by atoms with van der Waals surface area (Å²) in [7, 11) is 0.808. The molecular weight excluding hydrogens is 622 g/mol. The zero-order valence-corrected chi connectivity index (χ0v) is 29.2. The molecule has 11 nitrogen and oxygen atoms in total. The van der Waals surface area contributed by atoms with E-state index in [0.29, 0.717) is 23.2 Å². The number of allylic oxidation sites excluding steroid dienone is 1. The van der Waals surface area contributed by atoms with Gasteiger partial charge in [0.2, 0.25) is 5.69 Å². The van der Waals surface area contributed by atoms with Gasteiger partial charge in [0, 0.05) is 60.8 Å². The van der Waals surface area contributed by atoms with Crippen LogP contribution >= 0.6 is 0 Å². The molecule has 3 aromatic rings. The lowest BCUT2D eigenvalue weighted by atomic mass is 9.81. The highest BCUT2D eigenvalue weighted by Gasteiger charge is 2.44. The largest absolute Gasteiger partial charge is 0.744 e. The monoisotopic (exact) mass is 669 g/mol. The smallest absolute Gasteiger partial charge is 0.303 e. The molecule has 0 amide bonds. The number of benzene rings is 2. The second kappa shape index (κ2) is 15.3. The summed E-state index contributed by atoms with van der Waals surface area (Å²) >= 11 is 0. The van der Waals surface area contributed by atoms with Gasteiger partial charge in [-0.3, -0.25) is 4.79 Å². The Bertz CT molecular complexity index is 1760. The number of nitrogens with zero attached hydrogens (tertiary/aromatic N) is 3. The molecule has 2 aromatic carbocycles. The number of hydrogen-bond donors (Lipinski definition) is 1. The van der Waals surface area contributed by atoms with Gasteiger partial charge in [-0.15, -0.1) is 0 Å². The number of anilines is 1. The number of carbonyl (C=O) groups is 2. The molecule has 1 aliphatic rings. The Labute approximate surface area is 277 Å². The number of aliphatic carboxylic acids is 2. The lowest BCUT2D eigenvalue weighted by Gasteiger charge is -2.23. The molecule has 12 heteroatoms. The van der Waals surface area contributed by atoms with Crippen LogP contribution in [0.2, 0.25) is 0 Å². The van der Waals surface area contributed by atoms with E-state index in [4.69, 9.17) is 9.52 Å². The van der Waals surface area contributed by atoms with Crippen molar-refractivity contribution in [3.05, 3.63) is 59.9 Å². The predicted octanol–water partition coefficient (Wildman–Crippen LogP) is 4.36. The SMILES string of the molecule is CCN(CC)c1ccc2cc(/C=C/C3=[N+](CCCCCC(=O)O)c4ccc(S(=O)(=O)[O-])cc4C3(C)C)oc2c1.C[N+](C)(C)CC(=O)[O-]. The second-order valence-electron chi connectivity index (χ2n) is 13.2. The number of quaternary nitrogens is 1. The van der Waals surface area contributed by atoms with Gasteiger partial charge in [0.15, 0.2) is 5.71 Å². The van der Waals surface area contributed by atoms with Gasteiger partial charge in [-0.25, -0.2) is 8.42 Å². The third kappa shape index (κ3) is 9.99. The number of carboxylic acids is 2. The van der Waals surface area contributed by atoms with Crippen LogP contribution in [0.4, 0.5) is 11.4 Å². The summed E-state index contributed by atoms with van der Waals surface area (Å²) in [5.41, 5.74) is 3.89. The van der Waals surface area contributed by atoms with Crippen molar-refractivity contribution < 1.29 is 46.2 Å². The van der Waals surface area contributed by atoms with Crippen molar-refractivity contribution in [2.24, 2.45) is 0 Å². The summed E-state index contributed by atoms with van der Waals surface area (Å²) in [6.07, 6.45) is 6.15. The third-order valence-corrected chi connectivity index (χ3v) is 8.92. The molecule has 0 saturated carbocycles. The molecule has 0 saturated heterocycles. The van der Waals surface area contributed by atoms with E-state index in [0.717, 1.165) is 59.6 Å². The molecule has 1 aromatic heterocycles. The van der Waals surface area contributed by atoms with E-state index in [-0.39, 0.29) is 17.9 Å². The van der Waals surface area contributed by atoms with Crippen molar-refractivity contribution in [1.29, 1.82) is 0 Å². The average molecular weight is 670 g/mol. The number of fused-ring (bicyclic) bond motifs is 2. The van der Waals surface area contributed by atoms with E-state index >= 15 is 0 Å². The maximum Gasteiger partial charge on any atom is 0.303 e. The van der Waals surface area contributed by atoms with Crippen LogP contribution < -0.4 is 10.0 Å². The van der Waals surface area contributed by atoms with Crippen LogP contribution in [0.5, 0.6) is 0 Å². The number of rotatable bonds is 14. The molecule has 4 rings (SSSR count). The van der Waals surface area contributed by atoms with Gasteiger partial charge in [0.25, 0.3) is 0 Å². The molecule has 0 atom stereocenters. The van der Waals surface area contributed by atoms with Crippen molar-refractivity contribution in [2.45, 2.75) is 63.7 Å². The third-order valence-electron chi connectivity index (χ3n) is 8.08. The highest BCUT2D eigenvalue weighted by molar-refractivity contribution is 7.85. The first-order valence-corrected chi connectivity index (χ1v) is 17.2. The van der Waals surface area contributed by atoms with Crippen LogP contribution in [-0.4, -0.2) is 92.1 Å². The van der Waals surface area contributed by atoms with Crippen LogP contribution in [0.3, 0.4) is 0 Å². The quantitative estimate of drug-likeness (QED) is 0.114. The first kappa shape index (κ1) is 37.5. The van der Waals surface area contributed by atoms with Crippen molar-refractivity contribution in [2.75, 3.05) is 52.2 Å². The van der Waals surface area contributed by atoms with Crippen molar-refractivity contribution in [3.63, 3.8) is 0 Å². The Kier molecular flexibility index (Phi) is 12.2. The Hall–Kier alpha value is -4.00. The summed E-state index contributed by atoms with van der Waals surface area (Å²) in [6.45, 7) is 10.8. The van der Waals surface area contributed by atoms with Crippen LogP contribution in [0, 0.1) is 0 Å². The van der Waals surface area contributed by atoms with E-state index < -0.39 is 27.5 Å². The molecule has 0 radical (unpaired) electrons. The summed E-state index contributed by atoms with van der Waals surface area (Å²) in [5, 5.41) is 19.8. The van der Waals surface area contributed by atoms with Gasteiger partial charge >= 0.3 is 5.97 Å². The maximum absolute atomic E-state index is 11.8. The minimum Gasteiger partial charge on any atom is -0.744 e. The van der Waals surface area contributed by atoms with E-state index in [1.165, 1.54) is 12.1 Å². The molecule has 256 valence electrons. The van der Waals surface area contributed by atoms with Crippen molar-refractivity contribution >= 4 is 56.2 Å². The standard InChI is InChI=1S/C30H36N2O6S.C5H11NO2/c1-5-31(6-2)22-12-11-21-18-23(38-27(21)19-22)13-16-28-30(3,4)25-20-24(39(35,36)37)14-15-26(25)32(28)17-9-7-8-10-29(33)34;1-6(2,3)4-5(7)8/h11-16,18-20H,5-10,17H2,1-4H3,(H-,33,34,35,36,37);4H2,1-3H3. The fourth-order valence-electron chi connectivity index (χ4n) is 5.73. The van der Waals surface area contributed by atoms with Gasteiger partial charge < -0.3 is 33.4 Å². The number of hydrogen-bond acceptors (Lipinski definition) is 8. The number of carboxylic acid groups (broad SMARTS) is 2. The van der Waals surface area contributed by atoms with E-state index in [1.54, 1.807) is 27.2 Å². The molecule has 47 heavy (non-hydrogen) atoms. The molecule has 0 fully saturated rings. The zero-order chi connectivity index (χ0) is 35.2. The first-order chi connectivity index (χ1) is 21.9. The van der Waals surface area contributed by atoms with Crippen LogP contribution in [0.15, 0.2) is 57.9 Å². The highest BCUT2D eigenvalue weighted by atomic mass is 32.2. The minimum atomic E-state index is -4.60. The average Bonchev–Trinajstić information content (AvgIpc) is 3.45. The van der Waals surface area contributed by atoms with Gasteiger partial charge in [0.1, 0.15) is 34.6 Å². The Balaban J connectivity index is 0.000000665. The van der Waals surface area contributed by atoms with Crippen molar-refractivity contribution in [3.8, 4) is 0 Å². The predicted molar refractivity (Wildman–Crippen MR) is 180 cm³/mol. The molecule has 0 unspecified atom stereocenters. The number of furan rings is 1. The fourth-order valence-corrected chi connectivity index (χ4v) is 6.23. The van der Waals surface area contributed by atoms with E-state index in [1.807, 2.05) is 32.1 Å². The Morgan fingerprint density at radius 2 is 1.68 bits per heavy atom. The van der Waals surface area contributed by atoms with Crippen molar-refractivity contribution in [1.82, 2.24) is 0 Å². The van der Waals surface area contributed by atoms with Crippen LogP contribution in [0.25, 0.3) is 17.0 Å². The molecule has 0 spiro atoms. The van der Waals surface area contributed by atoms with Gasteiger partial charge in [-0.05, 0) is 76.9 Å². The van der Waals surface area contributed by atoms with Gasteiger partial charge in [0.05, 0.1) is 37.4 Å². The molecule has 2 heterocycles. The summed E-state index contributed by atoms with van der Waals surface area (Å²) in [6, 6.07) is 12.7. The Morgan fingerprint density at radius 3 is 2.23 bits per heavy atom.